The van der Waals surface area contributed by atoms with Gasteiger partial charge >= 0.3 is 12.0 Å². The highest BCUT2D eigenvalue weighted by molar-refractivity contribution is 5.84. The van der Waals surface area contributed by atoms with Gasteiger partial charge in [0.15, 0.2) is 6.04 Å². The molecule has 1 atom stereocenters. The van der Waals surface area contributed by atoms with Gasteiger partial charge in [0.25, 0.3) is 0 Å². The number of benzene rings is 1. The van der Waals surface area contributed by atoms with Gasteiger partial charge < -0.3 is 15.3 Å². The normalized spacial score (nSPS) is 15.6. The van der Waals surface area contributed by atoms with Crippen LogP contribution >= 0.6 is 0 Å². The molecule has 5 heteroatoms. The monoisotopic (exact) mass is 290 g/mol. The Labute approximate surface area is 125 Å². The van der Waals surface area contributed by atoms with Gasteiger partial charge in [-0.3, -0.25) is 0 Å². The van der Waals surface area contributed by atoms with Gasteiger partial charge in [-0.05, 0) is 24.3 Å². The Hall–Kier alpha value is -2.04. The standard InChI is InChI=1S/C16H22N2O3/c1-11(2)10-18(13-8-9-13)16(21)17-14(15(19)20)12-6-4-3-5-7-12/h3-7,11,13-14H,8-10H2,1-2H3,(H,17,21)(H,19,20)/t14-/m1/s1. The predicted octanol–water partition coefficient (Wildman–Crippen LogP) is 2.64. The van der Waals surface area contributed by atoms with Gasteiger partial charge in [-0.2, -0.15) is 0 Å². The molecule has 1 aliphatic carbocycles. The van der Waals surface area contributed by atoms with Crippen LogP contribution < -0.4 is 5.32 Å². The maximum absolute atomic E-state index is 12.4. The smallest absolute Gasteiger partial charge is 0.330 e. The van der Waals surface area contributed by atoms with E-state index in [0.717, 1.165) is 12.8 Å². The summed E-state index contributed by atoms with van der Waals surface area (Å²) in [7, 11) is 0. The minimum atomic E-state index is -1.05. The molecule has 1 aromatic carbocycles. The minimum Gasteiger partial charge on any atom is -0.479 e. The number of rotatable bonds is 6. The van der Waals surface area contributed by atoms with Crippen molar-refractivity contribution >= 4 is 12.0 Å². The Kier molecular flexibility index (Phi) is 4.83. The van der Waals surface area contributed by atoms with Gasteiger partial charge in [-0.1, -0.05) is 44.2 Å². The first-order chi connectivity index (χ1) is 9.99. The fourth-order valence-corrected chi connectivity index (χ4v) is 2.32. The molecular weight excluding hydrogens is 268 g/mol. The van der Waals surface area contributed by atoms with Crippen molar-refractivity contribution in [1.82, 2.24) is 10.2 Å². The summed E-state index contributed by atoms with van der Waals surface area (Å²) in [5.74, 6) is -0.689. The van der Waals surface area contributed by atoms with Gasteiger partial charge in [0.1, 0.15) is 0 Å². The highest BCUT2D eigenvalue weighted by atomic mass is 16.4. The van der Waals surface area contributed by atoms with Gasteiger partial charge in [0.2, 0.25) is 0 Å². The van der Waals surface area contributed by atoms with E-state index in [-0.39, 0.29) is 12.1 Å². The van der Waals surface area contributed by atoms with E-state index in [1.54, 1.807) is 29.2 Å². The molecule has 0 bridgehead atoms. The van der Waals surface area contributed by atoms with Crippen LogP contribution in [0.5, 0.6) is 0 Å². The van der Waals surface area contributed by atoms with Crippen LogP contribution in [0.1, 0.15) is 38.3 Å². The zero-order chi connectivity index (χ0) is 15.4. The third-order valence-corrected chi connectivity index (χ3v) is 3.46. The highest BCUT2D eigenvalue weighted by Crippen LogP contribution is 2.28. The van der Waals surface area contributed by atoms with Crippen LogP contribution in [0.3, 0.4) is 0 Å². The van der Waals surface area contributed by atoms with Crippen molar-refractivity contribution in [3.63, 3.8) is 0 Å². The number of hydrogen-bond acceptors (Lipinski definition) is 2. The van der Waals surface area contributed by atoms with Crippen LogP contribution in [0.4, 0.5) is 4.79 Å². The summed E-state index contributed by atoms with van der Waals surface area (Å²) < 4.78 is 0. The summed E-state index contributed by atoms with van der Waals surface area (Å²) >= 11 is 0. The summed E-state index contributed by atoms with van der Waals surface area (Å²) in [4.78, 5) is 25.6. The number of carbonyl (C=O) groups excluding carboxylic acids is 1. The average molecular weight is 290 g/mol. The minimum absolute atomic E-state index is 0.262. The molecular formula is C16H22N2O3. The molecule has 21 heavy (non-hydrogen) atoms. The van der Waals surface area contributed by atoms with Crippen molar-refractivity contribution in [3.8, 4) is 0 Å². The molecule has 0 aromatic heterocycles. The molecule has 0 saturated heterocycles. The molecule has 0 radical (unpaired) electrons. The van der Waals surface area contributed by atoms with E-state index in [9.17, 15) is 14.7 Å². The molecule has 0 heterocycles. The first-order valence-corrected chi connectivity index (χ1v) is 7.34. The maximum atomic E-state index is 12.4. The molecule has 5 nitrogen and oxygen atoms in total. The Morgan fingerprint density at radius 3 is 2.38 bits per heavy atom. The Bertz CT molecular complexity index is 498. The van der Waals surface area contributed by atoms with Gasteiger partial charge in [0.05, 0.1) is 0 Å². The number of carbonyl (C=O) groups is 2. The third kappa shape index (κ3) is 4.21. The second kappa shape index (κ2) is 6.61. The number of urea groups is 1. The Morgan fingerprint density at radius 1 is 1.29 bits per heavy atom. The summed E-state index contributed by atoms with van der Waals surface area (Å²) in [6, 6.07) is 7.74. The molecule has 1 aliphatic rings. The Balaban J connectivity index is 2.09. The van der Waals surface area contributed by atoms with Gasteiger partial charge in [-0.25, -0.2) is 9.59 Å². The lowest BCUT2D eigenvalue weighted by Crippen LogP contribution is -2.46. The lowest BCUT2D eigenvalue weighted by Gasteiger charge is -2.26. The number of carboxylic acids is 1. The van der Waals surface area contributed by atoms with Gasteiger partial charge in [-0.15, -0.1) is 0 Å². The second-order valence-electron chi connectivity index (χ2n) is 5.91. The maximum Gasteiger partial charge on any atom is 0.330 e. The first kappa shape index (κ1) is 15.4. The Morgan fingerprint density at radius 2 is 1.90 bits per heavy atom. The van der Waals surface area contributed by atoms with E-state index in [0.29, 0.717) is 18.0 Å². The van der Waals surface area contributed by atoms with E-state index < -0.39 is 12.0 Å². The van der Waals surface area contributed by atoms with E-state index >= 15 is 0 Å². The number of hydrogen-bond donors (Lipinski definition) is 2. The van der Waals surface area contributed by atoms with Crippen molar-refractivity contribution < 1.29 is 14.7 Å². The SMILES string of the molecule is CC(C)CN(C(=O)N[C@@H](C(=O)O)c1ccccc1)C1CC1. The molecule has 2 amide bonds. The summed E-state index contributed by atoms with van der Waals surface area (Å²) in [6.07, 6.45) is 2.01. The van der Waals surface area contributed by atoms with Crippen LogP contribution in [0.25, 0.3) is 0 Å². The summed E-state index contributed by atoms with van der Waals surface area (Å²) in [6.45, 7) is 4.75. The quantitative estimate of drug-likeness (QED) is 0.846. The molecule has 114 valence electrons. The van der Waals surface area contributed by atoms with Crippen LogP contribution in [0.2, 0.25) is 0 Å². The summed E-state index contributed by atoms with van der Waals surface area (Å²) in [5, 5.41) is 12.0. The van der Waals surface area contributed by atoms with Gasteiger partial charge in [0, 0.05) is 12.6 Å². The topological polar surface area (TPSA) is 69.6 Å². The zero-order valence-corrected chi connectivity index (χ0v) is 12.5. The lowest BCUT2D eigenvalue weighted by molar-refractivity contribution is -0.139. The fourth-order valence-electron chi connectivity index (χ4n) is 2.32. The molecule has 1 aromatic rings. The van der Waals surface area contributed by atoms with E-state index in [1.165, 1.54) is 0 Å². The molecule has 2 N–H and O–H groups in total. The van der Waals surface area contributed by atoms with Crippen molar-refractivity contribution in [3.05, 3.63) is 35.9 Å². The number of nitrogens with one attached hydrogen (secondary N) is 1. The molecule has 0 unspecified atom stereocenters. The molecule has 2 rings (SSSR count). The van der Waals surface area contributed by atoms with E-state index in [2.05, 4.69) is 19.2 Å². The zero-order valence-electron chi connectivity index (χ0n) is 12.5. The first-order valence-electron chi connectivity index (χ1n) is 7.34. The predicted molar refractivity (Wildman–Crippen MR) is 79.9 cm³/mol. The van der Waals surface area contributed by atoms with E-state index in [1.807, 2.05) is 6.07 Å². The number of carboxylic acid groups (broad SMARTS) is 1. The lowest BCUT2D eigenvalue weighted by atomic mass is 10.1. The molecule has 0 aliphatic heterocycles. The van der Waals surface area contributed by atoms with Crippen LogP contribution in [-0.4, -0.2) is 34.6 Å². The number of amides is 2. The third-order valence-electron chi connectivity index (χ3n) is 3.46. The fraction of sp³-hybridized carbons (Fsp3) is 0.500. The largest absolute Gasteiger partial charge is 0.479 e. The summed E-state index contributed by atoms with van der Waals surface area (Å²) in [5.41, 5.74) is 0.582. The molecule has 1 saturated carbocycles. The highest BCUT2D eigenvalue weighted by Gasteiger charge is 2.34. The molecule has 0 spiro atoms. The molecule has 1 fully saturated rings. The number of nitrogens with zero attached hydrogens (tertiary/aromatic N) is 1. The van der Waals surface area contributed by atoms with Crippen molar-refractivity contribution in [2.24, 2.45) is 5.92 Å². The van der Waals surface area contributed by atoms with Crippen LogP contribution in [0, 0.1) is 5.92 Å². The number of aliphatic carboxylic acids is 1. The second-order valence-corrected chi connectivity index (χ2v) is 5.91. The van der Waals surface area contributed by atoms with Crippen molar-refractivity contribution in [2.75, 3.05) is 6.54 Å². The van der Waals surface area contributed by atoms with Crippen molar-refractivity contribution in [1.29, 1.82) is 0 Å². The van der Waals surface area contributed by atoms with Crippen molar-refractivity contribution in [2.45, 2.75) is 38.8 Å². The van der Waals surface area contributed by atoms with Crippen LogP contribution in [-0.2, 0) is 4.79 Å². The van der Waals surface area contributed by atoms with E-state index in [4.69, 9.17) is 0 Å². The average Bonchev–Trinajstić information content (AvgIpc) is 3.26. The van der Waals surface area contributed by atoms with Crippen LogP contribution in [0.15, 0.2) is 30.3 Å².